The molecule has 0 amide bonds. The highest BCUT2D eigenvalue weighted by atomic mass is 16.5. The molecule has 0 saturated carbocycles. The van der Waals surface area contributed by atoms with Crippen molar-refractivity contribution < 1.29 is 18.4 Å². The van der Waals surface area contributed by atoms with Gasteiger partial charge >= 0.3 is 11.6 Å². The lowest BCUT2D eigenvalue weighted by Gasteiger charge is -2.22. The van der Waals surface area contributed by atoms with Gasteiger partial charge in [0.2, 0.25) is 0 Å². The topological polar surface area (TPSA) is 86.7 Å². The maximum absolute atomic E-state index is 12.9. The van der Waals surface area contributed by atoms with Gasteiger partial charge in [0.05, 0.1) is 23.6 Å². The van der Waals surface area contributed by atoms with E-state index in [0.29, 0.717) is 16.7 Å². The Labute approximate surface area is 141 Å². The van der Waals surface area contributed by atoms with Crippen LogP contribution in [0.4, 0.5) is 0 Å². The number of carbonyl (C=O) groups excluding carboxylic acids is 1. The SMILES string of the molecule is Cc1ccc2occ(C3CC(=O)Oc4cc(C)oc(=O)c43)c(=O)c2c1. The molecule has 1 aliphatic heterocycles. The Morgan fingerprint density at radius 2 is 1.88 bits per heavy atom. The van der Waals surface area contributed by atoms with Crippen LogP contribution in [0.3, 0.4) is 0 Å². The summed E-state index contributed by atoms with van der Waals surface area (Å²) >= 11 is 0. The minimum absolute atomic E-state index is 0.122. The molecular weight excluding hydrogens is 324 g/mol. The minimum atomic E-state index is -0.755. The molecule has 0 fully saturated rings. The van der Waals surface area contributed by atoms with Gasteiger partial charge in [-0.25, -0.2) is 4.79 Å². The van der Waals surface area contributed by atoms with Crippen LogP contribution in [0.5, 0.6) is 5.75 Å². The number of rotatable bonds is 1. The largest absolute Gasteiger partial charge is 0.464 e. The first-order valence-electron chi connectivity index (χ1n) is 7.81. The molecule has 0 saturated heterocycles. The van der Waals surface area contributed by atoms with Crippen molar-refractivity contribution in [3.05, 3.63) is 73.6 Å². The second kappa shape index (κ2) is 5.44. The average Bonchev–Trinajstić information content (AvgIpc) is 2.54. The molecule has 6 heteroatoms. The van der Waals surface area contributed by atoms with E-state index in [1.165, 1.54) is 12.3 Å². The molecule has 0 radical (unpaired) electrons. The number of aryl methyl sites for hydroxylation is 2. The molecule has 1 atom stereocenters. The van der Waals surface area contributed by atoms with Crippen molar-refractivity contribution in [1.29, 1.82) is 0 Å². The quantitative estimate of drug-likeness (QED) is 0.634. The van der Waals surface area contributed by atoms with Gasteiger partial charge in [-0.15, -0.1) is 0 Å². The van der Waals surface area contributed by atoms with E-state index in [1.807, 2.05) is 13.0 Å². The molecule has 3 heterocycles. The summed E-state index contributed by atoms with van der Waals surface area (Å²) in [6.07, 6.45) is 1.19. The Morgan fingerprint density at radius 3 is 2.68 bits per heavy atom. The third-order valence-corrected chi connectivity index (χ3v) is 4.35. The molecule has 6 nitrogen and oxygen atoms in total. The van der Waals surface area contributed by atoms with Crippen molar-refractivity contribution in [2.24, 2.45) is 0 Å². The number of carbonyl (C=O) groups is 1. The molecule has 4 rings (SSSR count). The summed E-state index contributed by atoms with van der Waals surface area (Å²) in [5.74, 6) is -0.794. The zero-order chi connectivity index (χ0) is 17.7. The summed E-state index contributed by atoms with van der Waals surface area (Å²) in [5, 5.41) is 0.412. The Kier molecular flexibility index (Phi) is 3.35. The Hall–Kier alpha value is -3.15. The van der Waals surface area contributed by atoms with Gasteiger partial charge in [0.1, 0.15) is 17.1 Å². The summed E-state index contributed by atoms with van der Waals surface area (Å²) in [6, 6.07) is 6.77. The monoisotopic (exact) mass is 338 g/mol. The molecule has 1 aliphatic rings. The second-order valence-electron chi connectivity index (χ2n) is 6.17. The van der Waals surface area contributed by atoms with Gasteiger partial charge in [-0.2, -0.15) is 0 Å². The van der Waals surface area contributed by atoms with Gasteiger partial charge in [0.25, 0.3) is 0 Å². The smallest absolute Gasteiger partial charge is 0.343 e. The molecule has 25 heavy (non-hydrogen) atoms. The number of benzene rings is 1. The summed E-state index contributed by atoms with van der Waals surface area (Å²) in [7, 11) is 0. The van der Waals surface area contributed by atoms with Crippen molar-refractivity contribution in [2.75, 3.05) is 0 Å². The Bertz CT molecular complexity index is 1130. The Morgan fingerprint density at radius 1 is 1.08 bits per heavy atom. The van der Waals surface area contributed by atoms with Gasteiger partial charge in [0, 0.05) is 17.5 Å². The van der Waals surface area contributed by atoms with Crippen molar-refractivity contribution in [2.45, 2.75) is 26.2 Å². The fourth-order valence-corrected chi connectivity index (χ4v) is 3.19. The molecular formula is C19H14O6. The van der Waals surface area contributed by atoms with Crippen LogP contribution in [0.1, 0.15) is 34.8 Å². The minimum Gasteiger partial charge on any atom is -0.464 e. The van der Waals surface area contributed by atoms with Crippen LogP contribution in [0.2, 0.25) is 0 Å². The second-order valence-corrected chi connectivity index (χ2v) is 6.17. The van der Waals surface area contributed by atoms with E-state index in [-0.39, 0.29) is 28.7 Å². The van der Waals surface area contributed by atoms with Crippen LogP contribution in [-0.4, -0.2) is 5.97 Å². The molecule has 3 aromatic rings. The third-order valence-electron chi connectivity index (χ3n) is 4.35. The van der Waals surface area contributed by atoms with Crippen LogP contribution in [0, 0.1) is 13.8 Å². The van der Waals surface area contributed by atoms with Crippen LogP contribution in [0.25, 0.3) is 11.0 Å². The van der Waals surface area contributed by atoms with E-state index < -0.39 is 17.5 Å². The fourth-order valence-electron chi connectivity index (χ4n) is 3.19. The molecule has 126 valence electrons. The molecule has 1 unspecified atom stereocenters. The lowest BCUT2D eigenvalue weighted by Crippen LogP contribution is -2.29. The molecule has 0 spiro atoms. The first-order valence-corrected chi connectivity index (χ1v) is 7.81. The van der Waals surface area contributed by atoms with E-state index in [0.717, 1.165) is 5.56 Å². The van der Waals surface area contributed by atoms with Crippen LogP contribution in [0.15, 0.2) is 49.0 Å². The van der Waals surface area contributed by atoms with Gasteiger partial charge in [-0.05, 0) is 26.0 Å². The van der Waals surface area contributed by atoms with Crippen molar-refractivity contribution >= 4 is 16.9 Å². The lowest BCUT2D eigenvalue weighted by molar-refractivity contribution is -0.135. The van der Waals surface area contributed by atoms with Gasteiger partial charge in [-0.1, -0.05) is 11.6 Å². The van der Waals surface area contributed by atoms with Gasteiger partial charge in [0.15, 0.2) is 5.43 Å². The number of fused-ring (bicyclic) bond motifs is 2. The van der Waals surface area contributed by atoms with Crippen molar-refractivity contribution in [1.82, 2.24) is 0 Å². The highest BCUT2D eigenvalue weighted by molar-refractivity contribution is 5.80. The zero-order valence-electron chi connectivity index (χ0n) is 13.6. The maximum atomic E-state index is 12.9. The molecule has 0 bridgehead atoms. The molecule has 2 aromatic heterocycles. The standard InChI is InChI=1S/C19H14O6/c1-9-3-4-14-12(5-9)18(21)13(8-23-14)11-7-16(20)25-15-6-10(2)24-19(22)17(11)15/h3-6,8,11H,7H2,1-2H3. The van der Waals surface area contributed by atoms with Crippen LogP contribution >= 0.6 is 0 Å². The molecule has 0 aliphatic carbocycles. The number of ether oxygens (including phenoxy) is 1. The van der Waals surface area contributed by atoms with E-state index in [1.54, 1.807) is 19.1 Å². The van der Waals surface area contributed by atoms with E-state index in [9.17, 15) is 14.4 Å². The highest BCUT2D eigenvalue weighted by Gasteiger charge is 2.34. The zero-order valence-corrected chi connectivity index (χ0v) is 13.6. The fraction of sp³-hybridized carbons (Fsp3) is 0.211. The Balaban J connectivity index is 1.99. The van der Waals surface area contributed by atoms with Gasteiger partial charge < -0.3 is 13.6 Å². The summed E-state index contributed by atoms with van der Waals surface area (Å²) in [6.45, 7) is 3.46. The van der Waals surface area contributed by atoms with Crippen molar-refractivity contribution in [3.8, 4) is 5.75 Å². The number of esters is 1. The lowest BCUT2D eigenvalue weighted by atomic mass is 9.87. The first kappa shape index (κ1) is 15.4. The summed E-state index contributed by atoms with van der Waals surface area (Å²) in [4.78, 5) is 37.2. The predicted octanol–water partition coefficient (Wildman–Crippen LogP) is 2.80. The summed E-state index contributed by atoms with van der Waals surface area (Å²) in [5.41, 5.74) is 0.896. The normalized spacial score (nSPS) is 16.6. The molecule has 0 N–H and O–H groups in total. The van der Waals surface area contributed by atoms with Crippen LogP contribution < -0.4 is 15.8 Å². The third kappa shape index (κ3) is 2.46. The maximum Gasteiger partial charge on any atom is 0.343 e. The van der Waals surface area contributed by atoms with Gasteiger partial charge in [-0.3, -0.25) is 9.59 Å². The van der Waals surface area contributed by atoms with Crippen molar-refractivity contribution in [3.63, 3.8) is 0 Å². The van der Waals surface area contributed by atoms with E-state index in [2.05, 4.69) is 0 Å². The molecule has 1 aromatic carbocycles. The van der Waals surface area contributed by atoms with Crippen LogP contribution in [-0.2, 0) is 4.79 Å². The van der Waals surface area contributed by atoms with E-state index >= 15 is 0 Å². The number of hydrogen-bond acceptors (Lipinski definition) is 6. The summed E-state index contributed by atoms with van der Waals surface area (Å²) < 4.78 is 15.9. The predicted molar refractivity (Wildman–Crippen MR) is 89.0 cm³/mol. The average molecular weight is 338 g/mol. The van der Waals surface area contributed by atoms with E-state index in [4.69, 9.17) is 13.6 Å². The first-order chi connectivity index (χ1) is 11.9. The number of hydrogen-bond donors (Lipinski definition) is 0. The highest BCUT2D eigenvalue weighted by Crippen LogP contribution is 2.36.